The second-order valence-electron chi connectivity index (χ2n) is 6.65. The minimum atomic E-state index is -0.178. The molecular weight excluding hydrogens is 368 g/mol. The average Bonchev–Trinajstić information content (AvgIpc) is 3.17. The Hall–Kier alpha value is -3.42. The van der Waals surface area contributed by atoms with E-state index in [1.54, 1.807) is 24.5 Å². The summed E-state index contributed by atoms with van der Waals surface area (Å²) >= 11 is 0. The van der Waals surface area contributed by atoms with Crippen molar-refractivity contribution in [3.05, 3.63) is 54.4 Å². The van der Waals surface area contributed by atoms with Crippen molar-refractivity contribution in [2.45, 2.75) is 26.3 Å². The lowest BCUT2D eigenvalue weighted by molar-refractivity contribution is -0.117. The van der Waals surface area contributed by atoms with Crippen LogP contribution >= 0.6 is 0 Å². The van der Waals surface area contributed by atoms with Gasteiger partial charge in [0.2, 0.25) is 11.8 Å². The topological polar surface area (TPSA) is 98.7 Å². The van der Waals surface area contributed by atoms with Gasteiger partial charge in [0.1, 0.15) is 0 Å². The molecule has 3 rings (SSSR count). The first-order valence-electron chi connectivity index (χ1n) is 9.77. The van der Waals surface area contributed by atoms with Gasteiger partial charge in [-0.2, -0.15) is 0 Å². The number of aromatic nitrogens is 1. The molecule has 1 saturated heterocycles. The summed E-state index contributed by atoms with van der Waals surface area (Å²) in [6.07, 6.45) is 4.78. The molecular formula is C21H26N6O2. The first-order chi connectivity index (χ1) is 14.2. The van der Waals surface area contributed by atoms with E-state index in [0.717, 1.165) is 24.2 Å². The van der Waals surface area contributed by atoms with Crippen molar-refractivity contribution < 1.29 is 9.59 Å². The third-order valence-corrected chi connectivity index (χ3v) is 4.45. The van der Waals surface area contributed by atoms with Crippen LogP contribution in [0.5, 0.6) is 0 Å². The quantitative estimate of drug-likeness (QED) is 0.492. The molecule has 1 aliphatic heterocycles. The molecule has 2 aromatic rings. The zero-order valence-corrected chi connectivity index (χ0v) is 16.5. The van der Waals surface area contributed by atoms with E-state index in [0.29, 0.717) is 31.2 Å². The van der Waals surface area contributed by atoms with Gasteiger partial charge in [0.25, 0.3) is 0 Å². The van der Waals surface area contributed by atoms with E-state index in [9.17, 15) is 9.59 Å². The summed E-state index contributed by atoms with van der Waals surface area (Å²) in [6.45, 7) is 4.00. The molecule has 0 radical (unpaired) electrons. The summed E-state index contributed by atoms with van der Waals surface area (Å²) in [6, 6.07) is 11.4. The Bertz CT molecular complexity index is 851. The van der Waals surface area contributed by atoms with Crippen molar-refractivity contribution in [1.29, 1.82) is 0 Å². The fraction of sp³-hybridized carbons (Fsp3) is 0.333. The molecule has 0 aliphatic carbocycles. The maximum Gasteiger partial charge on any atom is 0.243 e. The van der Waals surface area contributed by atoms with Gasteiger partial charge in [0, 0.05) is 31.4 Å². The number of carbonyl (C=O) groups is 2. The van der Waals surface area contributed by atoms with Crippen LogP contribution in [0.2, 0.25) is 0 Å². The van der Waals surface area contributed by atoms with E-state index in [4.69, 9.17) is 0 Å². The molecule has 2 amide bonds. The monoisotopic (exact) mass is 394 g/mol. The van der Waals surface area contributed by atoms with Crippen LogP contribution in [0.3, 0.4) is 0 Å². The Labute approximate surface area is 170 Å². The lowest BCUT2D eigenvalue weighted by Gasteiger charge is -2.16. The summed E-state index contributed by atoms with van der Waals surface area (Å²) in [7, 11) is 0. The maximum atomic E-state index is 12.1. The molecule has 1 fully saturated rings. The van der Waals surface area contributed by atoms with Crippen molar-refractivity contribution in [2.75, 3.05) is 29.9 Å². The number of hydrogen-bond donors (Lipinski definition) is 3. The molecule has 1 aromatic heterocycles. The van der Waals surface area contributed by atoms with Gasteiger partial charge in [0.05, 0.1) is 25.0 Å². The van der Waals surface area contributed by atoms with Crippen LogP contribution in [0.1, 0.15) is 25.3 Å². The maximum absolute atomic E-state index is 12.1. The standard InChI is InChI=1S/C21H26N6O2/c1-2-23-21(25-15-19(28)26-17-5-3-11-22-14-17)24-13-16-7-9-18(10-8-16)27-12-4-6-20(27)29/h3,5,7-11,14H,2,4,6,12-13,15H2,1H3,(H,26,28)(H2,23,24,25). The highest BCUT2D eigenvalue weighted by molar-refractivity contribution is 5.95. The smallest absolute Gasteiger partial charge is 0.243 e. The van der Waals surface area contributed by atoms with Gasteiger partial charge in [-0.05, 0) is 43.2 Å². The van der Waals surface area contributed by atoms with Crippen molar-refractivity contribution in [2.24, 2.45) is 4.99 Å². The predicted octanol–water partition coefficient (Wildman–Crippen LogP) is 1.90. The number of anilines is 2. The second kappa shape index (κ2) is 10.2. The fourth-order valence-corrected chi connectivity index (χ4v) is 3.02. The molecule has 2 heterocycles. The third-order valence-electron chi connectivity index (χ3n) is 4.45. The van der Waals surface area contributed by atoms with Crippen LogP contribution in [0.4, 0.5) is 11.4 Å². The highest BCUT2D eigenvalue weighted by Crippen LogP contribution is 2.21. The minimum Gasteiger partial charge on any atom is -0.357 e. The van der Waals surface area contributed by atoms with Crippen LogP contribution < -0.4 is 20.9 Å². The van der Waals surface area contributed by atoms with Gasteiger partial charge in [0.15, 0.2) is 5.96 Å². The van der Waals surface area contributed by atoms with E-state index in [2.05, 4.69) is 25.9 Å². The molecule has 0 bridgehead atoms. The number of amides is 2. The number of rotatable bonds is 7. The molecule has 0 saturated carbocycles. The molecule has 152 valence electrons. The van der Waals surface area contributed by atoms with Gasteiger partial charge in [-0.15, -0.1) is 0 Å². The lowest BCUT2D eigenvalue weighted by atomic mass is 10.2. The predicted molar refractivity (Wildman–Crippen MR) is 114 cm³/mol. The van der Waals surface area contributed by atoms with E-state index >= 15 is 0 Å². The van der Waals surface area contributed by atoms with Crippen molar-refractivity contribution in [3.63, 3.8) is 0 Å². The summed E-state index contributed by atoms with van der Waals surface area (Å²) in [5.41, 5.74) is 2.60. The molecule has 8 nitrogen and oxygen atoms in total. The van der Waals surface area contributed by atoms with E-state index in [1.165, 1.54) is 0 Å². The van der Waals surface area contributed by atoms with Crippen LogP contribution in [0, 0.1) is 0 Å². The highest BCUT2D eigenvalue weighted by atomic mass is 16.2. The SMILES string of the molecule is CCNC(=NCc1ccc(N2CCCC2=O)cc1)NCC(=O)Nc1cccnc1. The van der Waals surface area contributed by atoms with Crippen LogP contribution in [-0.2, 0) is 16.1 Å². The number of hydrogen-bond acceptors (Lipinski definition) is 4. The Morgan fingerprint density at radius 3 is 2.69 bits per heavy atom. The minimum absolute atomic E-state index is 0.0940. The van der Waals surface area contributed by atoms with Gasteiger partial charge < -0.3 is 20.9 Å². The second-order valence-corrected chi connectivity index (χ2v) is 6.65. The summed E-state index contributed by atoms with van der Waals surface area (Å²) < 4.78 is 0. The van der Waals surface area contributed by atoms with E-state index in [-0.39, 0.29) is 18.4 Å². The Morgan fingerprint density at radius 2 is 2.03 bits per heavy atom. The van der Waals surface area contributed by atoms with E-state index < -0.39 is 0 Å². The fourth-order valence-electron chi connectivity index (χ4n) is 3.02. The molecule has 3 N–H and O–H groups in total. The largest absolute Gasteiger partial charge is 0.357 e. The summed E-state index contributed by atoms with van der Waals surface area (Å²) in [4.78, 5) is 34.2. The molecule has 8 heteroatoms. The molecule has 29 heavy (non-hydrogen) atoms. The van der Waals surface area contributed by atoms with E-state index in [1.807, 2.05) is 36.1 Å². The highest BCUT2D eigenvalue weighted by Gasteiger charge is 2.21. The van der Waals surface area contributed by atoms with Gasteiger partial charge in [-0.1, -0.05) is 12.1 Å². The van der Waals surface area contributed by atoms with Crippen LogP contribution in [-0.4, -0.2) is 42.4 Å². The molecule has 0 spiro atoms. The molecule has 1 aliphatic rings. The summed E-state index contributed by atoms with van der Waals surface area (Å²) in [5.74, 6) is 0.565. The Kier molecular flexibility index (Phi) is 7.16. The van der Waals surface area contributed by atoms with Crippen LogP contribution in [0.15, 0.2) is 53.8 Å². The zero-order chi connectivity index (χ0) is 20.5. The first-order valence-corrected chi connectivity index (χ1v) is 9.77. The Balaban J connectivity index is 1.53. The first kappa shape index (κ1) is 20.3. The summed E-state index contributed by atoms with van der Waals surface area (Å²) in [5, 5.41) is 8.92. The normalized spacial score (nSPS) is 14.0. The molecule has 1 aromatic carbocycles. The van der Waals surface area contributed by atoms with Crippen molar-refractivity contribution in [1.82, 2.24) is 15.6 Å². The van der Waals surface area contributed by atoms with Crippen molar-refractivity contribution in [3.8, 4) is 0 Å². The van der Waals surface area contributed by atoms with Gasteiger partial charge in [-0.3, -0.25) is 14.6 Å². The Morgan fingerprint density at radius 1 is 1.21 bits per heavy atom. The number of guanidine groups is 1. The van der Waals surface area contributed by atoms with Gasteiger partial charge >= 0.3 is 0 Å². The number of nitrogens with zero attached hydrogens (tertiary/aromatic N) is 3. The van der Waals surface area contributed by atoms with Crippen LogP contribution in [0.25, 0.3) is 0 Å². The number of aliphatic imine (C=N–C) groups is 1. The number of pyridine rings is 1. The van der Waals surface area contributed by atoms with Gasteiger partial charge in [-0.25, -0.2) is 4.99 Å². The number of nitrogens with one attached hydrogen (secondary N) is 3. The third kappa shape index (κ3) is 6.03. The zero-order valence-electron chi connectivity index (χ0n) is 16.5. The average molecular weight is 394 g/mol. The molecule has 0 unspecified atom stereocenters. The molecule has 0 atom stereocenters. The lowest BCUT2D eigenvalue weighted by Crippen LogP contribution is -2.41. The number of carbonyl (C=O) groups excluding carboxylic acids is 2. The van der Waals surface area contributed by atoms with Crippen molar-refractivity contribution >= 4 is 29.1 Å². The number of benzene rings is 1.